The van der Waals surface area contributed by atoms with Gasteiger partial charge in [-0.25, -0.2) is 0 Å². The minimum atomic E-state index is -0.554. The van der Waals surface area contributed by atoms with Crippen molar-refractivity contribution in [1.82, 2.24) is 4.57 Å². The number of aryl methyl sites for hydroxylation is 1. The summed E-state index contributed by atoms with van der Waals surface area (Å²) < 4.78 is 1.83. The van der Waals surface area contributed by atoms with Crippen LogP contribution in [0.5, 0.6) is 0 Å². The van der Waals surface area contributed by atoms with Crippen molar-refractivity contribution in [3.63, 3.8) is 0 Å². The van der Waals surface area contributed by atoms with Gasteiger partial charge in [-0.1, -0.05) is 13.8 Å². The average molecular weight is 367 g/mol. The second-order valence-corrected chi connectivity index (χ2v) is 5.49. The van der Waals surface area contributed by atoms with Gasteiger partial charge in [0.25, 0.3) is 5.56 Å². The number of carbonyl (C=O) groups excluding carboxylic acids is 1. The van der Waals surface area contributed by atoms with Crippen molar-refractivity contribution in [2.45, 2.75) is 26.7 Å². The molecule has 20 heavy (non-hydrogen) atoms. The summed E-state index contributed by atoms with van der Waals surface area (Å²) in [4.78, 5) is 23.9. The predicted octanol–water partition coefficient (Wildman–Crippen LogP) is 2.27. The number of carbonyl (C=O) groups is 1. The number of pyridine rings is 1. The highest BCUT2D eigenvalue weighted by Gasteiger charge is 2.33. The van der Waals surface area contributed by atoms with Crippen LogP contribution in [0.25, 0.3) is 0 Å². The van der Waals surface area contributed by atoms with Crippen LogP contribution in [0.4, 0.5) is 5.69 Å². The highest BCUT2D eigenvalue weighted by Crippen LogP contribution is 2.27. The molecule has 0 radical (unpaired) electrons. The second-order valence-electron chi connectivity index (χ2n) is 4.64. The summed E-state index contributed by atoms with van der Waals surface area (Å²) in [5.41, 5.74) is 5.63. The van der Waals surface area contributed by atoms with E-state index in [9.17, 15) is 9.59 Å². The Hall–Kier alpha value is -0.850. The minimum absolute atomic E-state index is 0. The summed E-state index contributed by atoms with van der Waals surface area (Å²) in [6.45, 7) is 4.21. The summed E-state index contributed by atoms with van der Waals surface area (Å²) >= 11 is 3.18. The number of nitrogens with zero attached hydrogens (tertiary/aromatic N) is 1. The Labute approximate surface area is 133 Å². The van der Waals surface area contributed by atoms with Crippen LogP contribution in [0.3, 0.4) is 0 Å². The van der Waals surface area contributed by atoms with E-state index in [4.69, 9.17) is 5.73 Å². The average Bonchev–Trinajstić information content (AvgIpc) is 2.38. The number of nitrogens with one attached hydrogen (secondary N) is 1. The largest absolute Gasteiger partial charge is 0.329 e. The van der Waals surface area contributed by atoms with E-state index in [0.29, 0.717) is 29.5 Å². The fraction of sp³-hybridized carbons (Fsp3) is 0.538. The third-order valence-corrected chi connectivity index (χ3v) is 4.19. The Bertz CT molecular complexity index is 492. The number of halogens is 2. The van der Waals surface area contributed by atoms with Crippen molar-refractivity contribution in [2.24, 2.45) is 18.2 Å². The molecule has 1 rings (SSSR count). The van der Waals surface area contributed by atoms with Gasteiger partial charge in [0, 0.05) is 19.8 Å². The molecule has 0 unspecified atom stereocenters. The van der Waals surface area contributed by atoms with Crippen LogP contribution in [-0.4, -0.2) is 17.0 Å². The Kier molecular flexibility index (Phi) is 7.47. The Morgan fingerprint density at radius 3 is 2.40 bits per heavy atom. The molecule has 0 saturated carbocycles. The van der Waals surface area contributed by atoms with Gasteiger partial charge in [-0.15, -0.1) is 12.4 Å². The van der Waals surface area contributed by atoms with Gasteiger partial charge in [0.2, 0.25) is 5.91 Å². The number of aromatic nitrogens is 1. The van der Waals surface area contributed by atoms with Crippen LogP contribution in [-0.2, 0) is 11.8 Å². The fourth-order valence-corrected chi connectivity index (χ4v) is 2.48. The Morgan fingerprint density at radius 1 is 1.45 bits per heavy atom. The number of hydrogen-bond acceptors (Lipinski definition) is 3. The highest BCUT2D eigenvalue weighted by atomic mass is 79.9. The van der Waals surface area contributed by atoms with Crippen molar-refractivity contribution in [3.8, 4) is 0 Å². The van der Waals surface area contributed by atoms with E-state index in [-0.39, 0.29) is 23.9 Å². The Morgan fingerprint density at radius 2 is 2.00 bits per heavy atom. The number of nitrogens with two attached hydrogens (primary N) is 1. The summed E-state index contributed by atoms with van der Waals surface area (Å²) in [6.07, 6.45) is 2.95. The lowest BCUT2D eigenvalue weighted by molar-refractivity contribution is -0.125. The molecule has 1 heterocycles. The molecule has 114 valence electrons. The first kappa shape index (κ1) is 19.1. The third-order valence-electron chi connectivity index (χ3n) is 3.62. The normalized spacial score (nSPS) is 10.8. The minimum Gasteiger partial charge on any atom is -0.329 e. The summed E-state index contributed by atoms with van der Waals surface area (Å²) in [5, 5.41) is 2.84. The first-order chi connectivity index (χ1) is 8.90. The molecule has 0 saturated heterocycles. The number of amides is 1. The van der Waals surface area contributed by atoms with Gasteiger partial charge < -0.3 is 15.6 Å². The lowest BCUT2D eigenvalue weighted by Gasteiger charge is -2.28. The summed E-state index contributed by atoms with van der Waals surface area (Å²) in [7, 11) is 1.64. The molecule has 0 spiro atoms. The van der Waals surface area contributed by atoms with E-state index in [1.807, 2.05) is 13.8 Å². The molecule has 0 fully saturated rings. The van der Waals surface area contributed by atoms with Gasteiger partial charge >= 0.3 is 0 Å². The lowest BCUT2D eigenvalue weighted by atomic mass is 9.81. The zero-order valence-electron chi connectivity index (χ0n) is 11.9. The van der Waals surface area contributed by atoms with Gasteiger partial charge in [0.1, 0.15) is 0 Å². The summed E-state index contributed by atoms with van der Waals surface area (Å²) in [6, 6.07) is 1.60. The van der Waals surface area contributed by atoms with Crippen LogP contribution < -0.4 is 16.6 Å². The van der Waals surface area contributed by atoms with Crippen LogP contribution in [0.1, 0.15) is 26.7 Å². The van der Waals surface area contributed by atoms with E-state index in [2.05, 4.69) is 21.2 Å². The van der Waals surface area contributed by atoms with Gasteiger partial charge in [0.05, 0.1) is 15.6 Å². The molecule has 0 bridgehead atoms. The smallest absolute Gasteiger partial charge is 0.264 e. The molecule has 1 aromatic heterocycles. The molecule has 0 aromatic carbocycles. The van der Waals surface area contributed by atoms with Crippen LogP contribution in [0.2, 0.25) is 0 Å². The second kappa shape index (κ2) is 7.81. The van der Waals surface area contributed by atoms with Crippen LogP contribution in [0.15, 0.2) is 21.5 Å². The first-order valence-electron chi connectivity index (χ1n) is 6.28. The predicted molar refractivity (Wildman–Crippen MR) is 87.3 cm³/mol. The third kappa shape index (κ3) is 3.84. The monoisotopic (exact) mass is 365 g/mol. The van der Waals surface area contributed by atoms with Crippen molar-refractivity contribution in [3.05, 3.63) is 27.1 Å². The first-order valence-corrected chi connectivity index (χ1v) is 7.07. The van der Waals surface area contributed by atoms with Crippen molar-refractivity contribution in [1.29, 1.82) is 0 Å². The SMILES string of the molecule is CCC(CC)(CN)C(=O)Nc1cc(Br)c(=O)n(C)c1.Cl. The molecule has 0 aliphatic rings. The van der Waals surface area contributed by atoms with E-state index >= 15 is 0 Å². The number of anilines is 1. The zero-order chi connectivity index (χ0) is 14.6. The number of rotatable bonds is 5. The quantitative estimate of drug-likeness (QED) is 0.839. The molecule has 1 amide bonds. The van der Waals surface area contributed by atoms with Crippen molar-refractivity contribution < 1.29 is 4.79 Å². The summed E-state index contributed by atoms with van der Waals surface area (Å²) in [5.74, 6) is -0.106. The Balaban J connectivity index is 0.00000361. The maximum atomic E-state index is 12.3. The standard InChI is InChI=1S/C13H20BrN3O2.ClH/c1-4-13(5-2,8-15)12(19)16-9-6-10(14)11(18)17(3)7-9;/h6-7H,4-5,8,15H2,1-3H3,(H,16,19);1H. The highest BCUT2D eigenvalue weighted by molar-refractivity contribution is 9.10. The van der Waals surface area contributed by atoms with Crippen molar-refractivity contribution in [2.75, 3.05) is 11.9 Å². The maximum Gasteiger partial charge on any atom is 0.264 e. The molecule has 1 aromatic rings. The number of hydrogen-bond donors (Lipinski definition) is 2. The molecule has 7 heteroatoms. The molecule has 0 aliphatic heterocycles. The van der Waals surface area contributed by atoms with Crippen LogP contribution in [0, 0.1) is 5.41 Å². The van der Waals surface area contributed by atoms with E-state index in [1.165, 1.54) is 4.57 Å². The van der Waals surface area contributed by atoms with Gasteiger partial charge in [-0.2, -0.15) is 0 Å². The van der Waals surface area contributed by atoms with Gasteiger partial charge in [-0.3, -0.25) is 9.59 Å². The van der Waals surface area contributed by atoms with Gasteiger partial charge in [-0.05, 0) is 34.8 Å². The van der Waals surface area contributed by atoms with E-state index in [1.54, 1.807) is 19.3 Å². The molecule has 0 atom stereocenters. The van der Waals surface area contributed by atoms with E-state index in [0.717, 1.165) is 0 Å². The van der Waals surface area contributed by atoms with E-state index < -0.39 is 5.41 Å². The zero-order valence-corrected chi connectivity index (χ0v) is 14.3. The maximum absolute atomic E-state index is 12.3. The molecular weight excluding hydrogens is 346 g/mol. The molecule has 0 aliphatic carbocycles. The van der Waals surface area contributed by atoms with Crippen LogP contribution >= 0.6 is 28.3 Å². The topological polar surface area (TPSA) is 77.1 Å². The lowest BCUT2D eigenvalue weighted by Crippen LogP contribution is -2.41. The molecule has 3 N–H and O–H groups in total. The molecule has 5 nitrogen and oxygen atoms in total. The van der Waals surface area contributed by atoms with Gasteiger partial charge in [0.15, 0.2) is 0 Å². The van der Waals surface area contributed by atoms with Crippen molar-refractivity contribution >= 4 is 39.9 Å². The molecular formula is C13H21BrClN3O2. The fourth-order valence-electron chi connectivity index (χ4n) is 1.96.